The Hall–Kier alpha value is -1.07. The molecule has 2 aromatic rings. The summed E-state index contributed by atoms with van der Waals surface area (Å²) in [6.07, 6.45) is 3.56. The fourth-order valence-corrected chi connectivity index (χ4v) is 2.08. The quantitative estimate of drug-likeness (QED) is 0.927. The lowest BCUT2D eigenvalue weighted by molar-refractivity contribution is -0.136. The number of imidazole rings is 1. The lowest BCUT2D eigenvalue weighted by Crippen LogP contribution is -1.99. The highest BCUT2D eigenvalue weighted by atomic mass is 79.9. The largest absolute Gasteiger partial charge is 0.481 e. The molecule has 2 rings (SSSR count). The molecule has 2 aromatic heterocycles. The first kappa shape index (κ1) is 13.0. The van der Waals surface area contributed by atoms with Gasteiger partial charge in [-0.3, -0.25) is 4.79 Å². The predicted octanol–water partition coefficient (Wildman–Crippen LogP) is 2.45. The standard InChI is InChI=1S/C10H9BrN2O2.ClH/c1-6-2-7(11)4-13-5-8(3-9(14)15)12-10(6)13;/h2,4-5H,3H2,1H3,(H,14,15);1H. The van der Waals surface area contributed by atoms with E-state index < -0.39 is 5.97 Å². The minimum absolute atomic E-state index is 0. The molecule has 0 saturated carbocycles. The molecule has 0 bridgehead atoms. The molecule has 0 aliphatic carbocycles. The van der Waals surface area contributed by atoms with Crippen LogP contribution in [0.15, 0.2) is 22.9 Å². The van der Waals surface area contributed by atoms with Crippen LogP contribution >= 0.6 is 28.3 Å². The summed E-state index contributed by atoms with van der Waals surface area (Å²) in [6, 6.07) is 1.95. The number of aryl methyl sites for hydroxylation is 1. The summed E-state index contributed by atoms with van der Waals surface area (Å²) in [5, 5.41) is 8.66. The second-order valence-corrected chi connectivity index (χ2v) is 4.29. The van der Waals surface area contributed by atoms with Crippen LogP contribution in [0.1, 0.15) is 11.3 Å². The molecule has 2 heterocycles. The number of carboxylic acids is 1. The molecule has 0 aliphatic rings. The first-order chi connectivity index (χ1) is 7.06. The molecule has 0 radical (unpaired) electrons. The number of carboxylic acid groups (broad SMARTS) is 1. The number of fused-ring (bicyclic) bond motifs is 1. The van der Waals surface area contributed by atoms with Gasteiger partial charge in [-0.05, 0) is 34.5 Å². The third-order valence-electron chi connectivity index (χ3n) is 2.08. The predicted molar refractivity (Wildman–Crippen MR) is 66.2 cm³/mol. The van der Waals surface area contributed by atoms with Crippen molar-refractivity contribution >= 4 is 40.0 Å². The van der Waals surface area contributed by atoms with Crippen LogP contribution in [0.25, 0.3) is 5.65 Å². The molecule has 0 atom stereocenters. The molecule has 0 aliphatic heterocycles. The van der Waals surface area contributed by atoms with E-state index in [9.17, 15) is 4.79 Å². The van der Waals surface area contributed by atoms with E-state index >= 15 is 0 Å². The molecule has 0 spiro atoms. The van der Waals surface area contributed by atoms with Crippen LogP contribution < -0.4 is 0 Å². The van der Waals surface area contributed by atoms with Gasteiger partial charge in [0, 0.05) is 16.9 Å². The van der Waals surface area contributed by atoms with Crippen molar-refractivity contribution < 1.29 is 9.90 Å². The van der Waals surface area contributed by atoms with E-state index in [0.29, 0.717) is 5.69 Å². The first-order valence-electron chi connectivity index (χ1n) is 4.42. The molecule has 0 saturated heterocycles. The SMILES string of the molecule is Cc1cc(Br)cn2cc(CC(=O)O)nc12.Cl. The van der Waals surface area contributed by atoms with Crippen molar-refractivity contribution in [1.29, 1.82) is 0 Å². The number of aromatic nitrogens is 2. The number of carbonyl (C=O) groups is 1. The van der Waals surface area contributed by atoms with Gasteiger partial charge in [0.1, 0.15) is 5.65 Å². The smallest absolute Gasteiger partial charge is 0.309 e. The van der Waals surface area contributed by atoms with Gasteiger partial charge < -0.3 is 9.51 Å². The van der Waals surface area contributed by atoms with Gasteiger partial charge in [-0.1, -0.05) is 0 Å². The third kappa shape index (κ3) is 2.54. The van der Waals surface area contributed by atoms with Crippen LogP contribution in [0.4, 0.5) is 0 Å². The number of hydrogen-bond acceptors (Lipinski definition) is 2. The Balaban J connectivity index is 0.00000128. The minimum atomic E-state index is -0.866. The minimum Gasteiger partial charge on any atom is -0.481 e. The average molecular weight is 306 g/mol. The molecular formula is C10H10BrClN2O2. The third-order valence-corrected chi connectivity index (χ3v) is 2.52. The highest BCUT2D eigenvalue weighted by Crippen LogP contribution is 2.17. The van der Waals surface area contributed by atoms with E-state index in [1.165, 1.54) is 0 Å². The van der Waals surface area contributed by atoms with Crippen molar-refractivity contribution in [2.24, 2.45) is 0 Å². The fraction of sp³-hybridized carbons (Fsp3) is 0.200. The van der Waals surface area contributed by atoms with Gasteiger partial charge in [-0.15, -0.1) is 12.4 Å². The topological polar surface area (TPSA) is 54.6 Å². The van der Waals surface area contributed by atoms with Crippen LogP contribution in [0.2, 0.25) is 0 Å². The lowest BCUT2D eigenvalue weighted by Gasteiger charge is -1.97. The summed E-state index contributed by atoms with van der Waals surface area (Å²) in [6.45, 7) is 1.94. The van der Waals surface area contributed by atoms with Gasteiger partial charge in [0.25, 0.3) is 0 Å². The van der Waals surface area contributed by atoms with E-state index in [0.717, 1.165) is 15.7 Å². The Bertz CT molecular complexity index is 539. The Labute approximate surface area is 107 Å². The second kappa shape index (κ2) is 4.84. The molecule has 0 aromatic carbocycles. The van der Waals surface area contributed by atoms with Gasteiger partial charge in [0.15, 0.2) is 0 Å². The molecule has 6 heteroatoms. The molecule has 0 unspecified atom stereocenters. The van der Waals surface area contributed by atoms with Gasteiger partial charge >= 0.3 is 5.97 Å². The van der Waals surface area contributed by atoms with Crippen molar-refractivity contribution in [3.8, 4) is 0 Å². The summed E-state index contributed by atoms with van der Waals surface area (Å²) in [4.78, 5) is 14.8. The highest BCUT2D eigenvalue weighted by Gasteiger charge is 2.07. The van der Waals surface area contributed by atoms with Crippen LogP contribution in [0.5, 0.6) is 0 Å². The van der Waals surface area contributed by atoms with Crippen molar-refractivity contribution in [2.45, 2.75) is 13.3 Å². The van der Waals surface area contributed by atoms with Gasteiger partial charge in [0.05, 0.1) is 12.1 Å². The second-order valence-electron chi connectivity index (χ2n) is 3.37. The van der Waals surface area contributed by atoms with Gasteiger partial charge in [-0.2, -0.15) is 0 Å². The fourth-order valence-electron chi connectivity index (χ4n) is 1.52. The van der Waals surface area contributed by atoms with Gasteiger partial charge in [0.2, 0.25) is 0 Å². The molecule has 1 N–H and O–H groups in total. The maximum absolute atomic E-state index is 10.5. The summed E-state index contributed by atoms with van der Waals surface area (Å²) >= 11 is 3.38. The molecular weight excluding hydrogens is 295 g/mol. The Morgan fingerprint density at radius 2 is 2.25 bits per heavy atom. The number of halogens is 2. The van der Waals surface area contributed by atoms with Crippen LogP contribution in [0, 0.1) is 6.92 Å². The Morgan fingerprint density at radius 1 is 1.56 bits per heavy atom. The normalized spacial score (nSPS) is 10.1. The number of pyridine rings is 1. The van der Waals surface area contributed by atoms with Crippen LogP contribution in [-0.4, -0.2) is 20.5 Å². The van der Waals surface area contributed by atoms with E-state index in [-0.39, 0.29) is 18.8 Å². The van der Waals surface area contributed by atoms with Crippen molar-refractivity contribution in [3.63, 3.8) is 0 Å². The Kier molecular flexibility index (Phi) is 3.93. The summed E-state index contributed by atoms with van der Waals surface area (Å²) in [5.74, 6) is -0.866. The summed E-state index contributed by atoms with van der Waals surface area (Å²) < 4.78 is 2.78. The first-order valence-corrected chi connectivity index (χ1v) is 5.21. The van der Waals surface area contributed by atoms with Gasteiger partial charge in [-0.25, -0.2) is 4.98 Å². The van der Waals surface area contributed by atoms with Crippen molar-refractivity contribution in [1.82, 2.24) is 9.38 Å². The molecule has 4 nitrogen and oxygen atoms in total. The molecule has 86 valence electrons. The maximum Gasteiger partial charge on any atom is 0.309 e. The molecule has 16 heavy (non-hydrogen) atoms. The molecule has 0 fully saturated rings. The average Bonchev–Trinajstić information content (AvgIpc) is 2.45. The van der Waals surface area contributed by atoms with E-state index in [1.54, 1.807) is 6.20 Å². The van der Waals surface area contributed by atoms with E-state index in [2.05, 4.69) is 20.9 Å². The number of rotatable bonds is 2. The monoisotopic (exact) mass is 304 g/mol. The number of nitrogens with zero attached hydrogens (tertiary/aromatic N) is 2. The van der Waals surface area contributed by atoms with E-state index in [4.69, 9.17) is 5.11 Å². The van der Waals surface area contributed by atoms with Crippen molar-refractivity contribution in [3.05, 3.63) is 34.2 Å². The number of aliphatic carboxylic acids is 1. The zero-order valence-corrected chi connectivity index (χ0v) is 10.9. The van der Waals surface area contributed by atoms with E-state index in [1.807, 2.05) is 23.6 Å². The zero-order valence-electron chi connectivity index (χ0n) is 8.48. The zero-order chi connectivity index (χ0) is 11.0. The lowest BCUT2D eigenvalue weighted by atomic mass is 10.3. The summed E-state index contributed by atoms with van der Waals surface area (Å²) in [5.41, 5.74) is 2.39. The summed E-state index contributed by atoms with van der Waals surface area (Å²) in [7, 11) is 0. The Morgan fingerprint density at radius 3 is 2.88 bits per heavy atom. The number of hydrogen-bond donors (Lipinski definition) is 1. The molecule has 0 amide bonds. The highest BCUT2D eigenvalue weighted by molar-refractivity contribution is 9.10. The van der Waals surface area contributed by atoms with Crippen LogP contribution in [0.3, 0.4) is 0 Å². The maximum atomic E-state index is 10.5. The van der Waals surface area contributed by atoms with Crippen LogP contribution in [-0.2, 0) is 11.2 Å². The van der Waals surface area contributed by atoms with Crippen molar-refractivity contribution in [2.75, 3.05) is 0 Å².